The average molecular weight is 391 g/mol. The van der Waals surface area contributed by atoms with Gasteiger partial charge in [0.15, 0.2) is 11.7 Å². The van der Waals surface area contributed by atoms with Crippen molar-refractivity contribution in [2.75, 3.05) is 10.6 Å². The number of aryl methyl sites for hydroxylation is 2. The summed E-state index contributed by atoms with van der Waals surface area (Å²) >= 11 is 0. The third-order valence-corrected chi connectivity index (χ3v) is 4.39. The van der Waals surface area contributed by atoms with Crippen molar-refractivity contribution in [3.8, 4) is 11.3 Å². The van der Waals surface area contributed by atoms with Crippen LogP contribution < -0.4 is 10.6 Å². The molecular weight excluding hydrogens is 366 g/mol. The Hall–Kier alpha value is -3.41. The lowest BCUT2D eigenvalue weighted by Crippen LogP contribution is -2.18. The molecule has 3 rings (SSSR count). The van der Waals surface area contributed by atoms with Gasteiger partial charge < -0.3 is 15.1 Å². The van der Waals surface area contributed by atoms with Crippen LogP contribution in [0.3, 0.4) is 0 Å². The highest BCUT2D eigenvalue weighted by Crippen LogP contribution is 2.21. The van der Waals surface area contributed by atoms with Gasteiger partial charge in [-0.25, -0.2) is 4.98 Å². The van der Waals surface area contributed by atoms with Gasteiger partial charge in [0.05, 0.1) is 6.20 Å². The third kappa shape index (κ3) is 5.78. The number of hydrogen-bond acceptors (Lipinski definition) is 4. The number of benzene rings is 2. The molecule has 0 radical (unpaired) electrons. The Morgan fingerprint density at radius 2 is 1.72 bits per heavy atom. The molecule has 0 unspecified atom stereocenters. The Morgan fingerprint density at radius 1 is 1.03 bits per heavy atom. The van der Waals surface area contributed by atoms with Crippen molar-refractivity contribution in [2.24, 2.45) is 5.92 Å². The van der Waals surface area contributed by atoms with Crippen LogP contribution >= 0.6 is 0 Å². The lowest BCUT2D eigenvalue weighted by Gasteiger charge is -2.10. The molecule has 1 aromatic heterocycles. The Morgan fingerprint density at radius 3 is 2.41 bits per heavy atom. The molecule has 3 aromatic rings. The minimum atomic E-state index is -0.146. The van der Waals surface area contributed by atoms with E-state index in [4.69, 9.17) is 4.42 Å². The number of aromatic nitrogens is 1. The molecule has 0 fully saturated rings. The van der Waals surface area contributed by atoms with Crippen LogP contribution in [-0.2, 0) is 16.0 Å². The number of carbonyl (C=O) groups is 2. The number of rotatable bonds is 7. The number of nitrogens with one attached hydrogen (secondary N) is 2. The van der Waals surface area contributed by atoms with Gasteiger partial charge in [-0.15, -0.1) is 0 Å². The maximum atomic E-state index is 12.3. The summed E-state index contributed by atoms with van der Waals surface area (Å²) in [6.45, 7) is 5.68. The smallest absolute Gasteiger partial charge is 0.226 e. The highest BCUT2D eigenvalue weighted by atomic mass is 16.4. The number of hydrogen-bond donors (Lipinski definition) is 2. The molecule has 1 heterocycles. The van der Waals surface area contributed by atoms with Gasteiger partial charge in [0.1, 0.15) is 0 Å². The van der Waals surface area contributed by atoms with Gasteiger partial charge >= 0.3 is 0 Å². The predicted molar refractivity (Wildman–Crippen MR) is 114 cm³/mol. The lowest BCUT2D eigenvalue weighted by molar-refractivity contribution is -0.119. The van der Waals surface area contributed by atoms with Crippen molar-refractivity contribution in [3.63, 3.8) is 0 Å². The molecule has 0 saturated heterocycles. The van der Waals surface area contributed by atoms with Crippen LogP contribution in [0.15, 0.2) is 59.1 Å². The summed E-state index contributed by atoms with van der Waals surface area (Å²) in [6, 6.07) is 15.1. The van der Waals surface area contributed by atoms with E-state index in [1.165, 1.54) is 5.56 Å². The number of anilines is 2. The second-order valence-corrected chi connectivity index (χ2v) is 7.26. The molecule has 29 heavy (non-hydrogen) atoms. The Kier molecular flexibility index (Phi) is 6.44. The van der Waals surface area contributed by atoms with E-state index in [9.17, 15) is 9.59 Å². The minimum absolute atomic E-state index is 0.0678. The van der Waals surface area contributed by atoms with Crippen LogP contribution in [0.1, 0.15) is 31.7 Å². The van der Waals surface area contributed by atoms with Crippen molar-refractivity contribution >= 4 is 23.2 Å². The first-order valence-electron chi connectivity index (χ1n) is 9.63. The normalized spacial score (nSPS) is 10.8. The molecule has 0 aliphatic heterocycles. The van der Waals surface area contributed by atoms with Crippen molar-refractivity contribution in [1.29, 1.82) is 0 Å². The molecule has 2 amide bonds. The molecule has 0 bridgehead atoms. The van der Waals surface area contributed by atoms with Gasteiger partial charge in [-0.1, -0.05) is 49.7 Å². The Bertz CT molecular complexity index is 991. The van der Waals surface area contributed by atoms with Crippen molar-refractivity contribution < 1.29 is 14.0 Å². The first-order chi connectivity index (χ1) is 13.9. The van der Waals surface area contributed by atoms with Gasteiger partial charge in [0, 0.05) is 35.7 Å². The van der Waals surface area contributed by atoms with E-state index in [0.717, 1.165) is 5.56 Å². The van der Waals surface area contributed by atoms with Crippen LogP contribution in [0, 0.1) is 12.8 Å². The van der Waals surface area contributed by atoms with Crippen LogP contribution in [0.2, 0.25) is 0 Å². The zero-order valence-electron chi connectivity index (χ0n) is 16.9. The van der Waals surface area contributed by atoms with E-state index in [2.05, 4.69) is 15.6 Å². The fourth-order valence-corrected chi connectivity index (χ4v) is 2.68. The highest BCUT2D eigenvalue weighted by molar-refractivity contribution is 5.94. The first kappa shape index (κ1) is 20.3. The summed E-state index contributed by atoms with van der Waals surface area (Å²) in [4.78, 5) is 28.3. The molecule has 2 aromatic carbocycles. The first-order valence-corrected chi connectivity index (χ1v) is 9.63. The van der Waals surface area contributed by atoms with Gasteiger partial charge in [0.25, 0.3) is 0 Å². The van der Waals surface area contributed by atoms with E-state index >= 15 is 0 Å². The van der Waals surface area contributed by atoms with Crippen LogP contribution in [0.5, 0.6) is 0 Å². The van der Waals surface area contributed by atoms with Crippen LogP contribution in [-0.4, -0.2) is 16.8 Å². The van der Waals surface area contributed by atoms with Gasteiger partial charge in [0.2, 0.25) is 11.8 Å². The zero-order valence-corrected chi connectivity index (χ0v) is 16.9. The van der Waals surface area contributed by atoms with E-state index in [-0.39, 0.29) is 24.2 Å². The van der Waals surface area contributed by atoms with E-state index in [0.29, 0.717) is 29.4 Å². The fourth-order valence-electron chi connectivity index (χ4n) is 2.68. The third-order valence-electron chi connectivity index (χ3n) is 4.39. The molecule has 0 spiro atoms. The minimum Gasteiger partial charge on any atom is -0.441 e. The molecule has 0 saturated carbocycles. The Balaban J connectivity index is 1.54. The lowest BCUT2D eigenvalue weighted by atomic mass is 10.1. The van der Waals surface area contributed by atoms with Crippen LogP contribution in [0.4, 0.5) is 11.4 Å². The SMILES string of the molecule is Cc1ccc(-c2cnc(CCC(=O)Nc3cccc(NC(=O)C(C)C)c3)o2)cc1. The van der Waals surface area contributed by atoms with E-state index in [1.54, 1.807) is 30.5 Å². The quantitative estimate of drug-likeness (QED) is 0.605. The average Bonchev–Trinajstić information content (AvgIpc) is 3.16. The number of oxazole rings is 1. The summed E-state index contributed by atoms with van der Waals surface area (Å²) < 4.78 is 5.76. The molecule has 0 aliphatic carbocycles. The maximum absolute atomic E-state index is 12.3. The van der Waals surface area contributed by atoms with Gasteiger partial charge in [-0.05, 0) is 25.1 Å². The van der Waals surface area contributed by atoms with E-state index in [1.807, 2.05) is 45.0 Å². The summed E-state index contributed by atoms with van der Waals surface area (Å²) in [5.41, 5.74) is 3.42. The van der Waals surface area contributed by atoms with Crippen LogP contribution in [0.25, 0.3) is 11.3 Å². The van der Waals surface area contributed by atoms with Gasteiger partial charge in [-0.3, -0.25) is 9.59 Å². The monoisotopic (exact) mass is 391 g/mol. The Labute approximate surface area is 170 Å². The standard InChI is InChI=1S/C23H25N3O3/c1-15(2)23(28)26-19-6-4-5-18(13-19)25-21(27)11-12-22-24-14-20(29-22)17-9-7-16(3)8-10-17/h4-10,13-15H,11-12H2,1-3H3,(H,25,27)(H,26,28). The number of nitrogens with zero attached hydrogens (tertiary/aromatic N) is 1. The largest absolute Gasteiger partial charge is 0.441 e. The van der Waals surface area contributed by atoms with Crippen molar-refractivity contribution in [3.05, 3.63) is 66.2 Å². The fraction of sp³-hybridized carbons (Fsp3) is 0.261. The topological polar surface area (TPSA) is 84.2 Å². The molecule has 6 heteroatoms. The summed E-state index contributed by atoms with van der Waals surface area (Å²) in [5, 5.41) is 5.66. The molecule has 150 valence electrons. The molecule has 0 aliphatic rings. The summed E-state index contributed by atoms with van der Waals surface area (Å²) in [6.07, 6.45) is 2.33. The molecule has 6 nitrogen and oxygen atoms in total. The van der Waals surface area contributed by atoms with Crippen molar-refractivity contribution in [1.82, 2.24) is 4.98 Å². The summed E-state index contributed by atoms with van der Waals surface area (Å²) in [5.74, 6) is 0.885. The number of carbonyl (C=O) groups excluding carboxylic acids is 2. The van der Waals surface area contributed by atoms with Crippen molar-refractivity contribution in [2.45, 2.75) is 33.6 Å². The highest BCUT2D eigenvalue weighted by Gasteiger charge is 2.11. The zero-order chi connectivity index (χ0) is 20.8. The second-order valence-electron chi connectivity index (χ2n) is 7.26. The second kappa shape index (κ2) is 9.19. The number of amides is 2. The van der Waals surface area contributed by atoms with E-state index < -0.39 is 0 Å². The summed E-state index contributed by atoms with van der Waals surface area (Å²) in [7, 11) is 0. The van der Waals surface area contributed by atoms with Gasteiger partial charge in [-0.2, -0.15) is 0 Å². The molecule has 0 atom stereocenters. The molecule has 2 N–H and O–H groups in total. The molecular formula is C23H25N3O3. The maximum Gasteiger partial charge on any atom is 0.226 e. The predicted octanol–water partition coefficient (Wildman–Crippen LogP) is 4.82.